The molecule has 0 aliphatic carbocycles. The van der Waals surface area contributed by atoms with Gasteiger partial charge in [-0.2, -0.15) is 13.2 Å². The summed E-state index contributed by atoms with van der Waals surface area (Å²) in [5, 5.41) is 0. The van der Waals surface area contributed by atoms with Gasteiger partial charge in [0.2, 0.25) is 5.78 Å². The van der Waals surface area contributed by atoms with Crippen molar-refractivity contribution in [2.75, 3.05) is 6.61 Å². The topological polar surface area (TPSA) is 52.1 Å². The standard InChI is InChI=1S/C21H13F7N2O2/c1-10-7-29-18(30-8-10)4-11-2-13(22)19(14(23)3-11)17(31)9-32-12-5-15(24)20(16(25)6-12)21(26,27)28/h2-3,5-8H,4,9H2,1H3. The van der Waals surface area contributed by atoms with Crippen LogP contribution in [0.2, 0.25) is 0 Å². The molecule has 32 heavy (non-hydrogen) atoms. The summed E-state index contributed by atoms with van der Waals surface area (Å²) in [6.45, 7) is 0.692. The van der Waals surface area contributed by atoms with Gasteiger partial charge < -0.3 is 4.74 Å². The Hall–Kier alpha value is -3.50. The van der Waals surface area contributed by atoms with E-state index in [9.17, 15) is 35.5 Å². The number of rotatable bonds is 6. The zero-order valence-electron chi connectivity index (χ0n) is 16.2. The molecule has 0 bridgehead atoms. The van der Waals surface area contributed by atoms with E-state index in [1.165, 1.54) is 12.4 Å². The first-order valence-corrected chi connectivity index (χ1v) is 8.93. The van der Waals surface area contributed by atoms with Crippen molar-refractivity contribution in [2.24, 2.45) is 0 Å². The van der Waals surface area contributed by atoms with Crippen LogP contribution in [0.15, 0.2) is 36.7 Å². The minimum absolute atomic E-state index is 0.0107. The third kappa shape index (κ3) is 5.21. The van der Waals surface area contributed by atoms with Gasteiger partial charge in [0.1, 0.15) is 40.4 Å². The number of hydrogen-bond acceptors (Lipinski definition) is 4. The Bertz CT molecular complexity index is 1120. The molecule has 1 heterocycles. The van der Waals surface area contributed by atoms with Gasteiger partial charge in [0.25, 0.3) is 0 Å². The van der Waals surface area contributed by atoms with E-state index in [1.807, 2.05) is 0 Å². The van der Waals surface area contributed by atoms with Crippen LogP contribution in [0, 0.1) is 30.2 Å². The lowest BCUT2D eigenvalue weighted by atomic mass is 10.0. The van der Waals surface area contributed by atoms with Crippen molar-refractivity contribution in [3.63, 3.8) is 0 Å². The molecule has 0 N–H and O–H groups in total. The normalized spacial score (nSPS) is 11.5. The molecule has 168 valence electrons. The number of halogens is 7. The number of alkyl halides is 3. The smallest absolute Gasteiger partial charge is 0.422 e. The molecule has 0 spiro atoms. The Morgan fingerprint density at radius 2 is 1.44 bits per heavy atom. The second kappa shape index (κ2) is 8.93. The van der Waals surface area contributed by atoms with Gasteiger partial charge in [-0.1, -0.05) is 0 Å². The molecule has 3 rings (SSSR count). The number of Topliss-reactive ketones (excluding diaryl/α,β-unsaturated/α-hetero) is 1. The molecule has 2 aromatic carbocycles. The van der Waals surface area contributed by atoms with E-state index in [1.54, 1.807) is 6.92 Å². The lowest BCUT2D eigenvalue weighted by Crippen LogP contribution is -2.17. The van der Waals surface area contributed by atoms with Crippen LogP contribution in [0.5, 0.6) is 5.75 Å². The highest BCUT2D eigenvalue weighted by molar-refractivity contribution is 5.97. The van der Waals surface area contributed by atoms with Crippen LogP contribution in [-0.4, -0.2) is 22.4 Å². The molecule has 0 saturated carbocycles. The number of ether oxygens (including phenoxy) is 1. The molecule has 0 saturated heterocycles. The van der Waals surface area contributed by atoms with Crippen molar-refractivity contribution in [1.29, 1.82) is 0 Å². The molecule has 3 aromatic rings. The lowest BCUT2D eigenvalue weighted by Gasteiger charge is -2.12. The number of aryl methyl sites for hydroxylation is 1. The second-order valence-corrected chi connectivity index (χ2v) is 6.76. The summed E-state index contributed by atoms with van der Waals surface area (Å²) < 4.78 is 98.4. The van der Waals surface area contributed by atoms with Crippen molar-refractivity contribution >= 4 is 5.78 Å². The number of carbonyl (C=O) groups is 1. The number of nitrogens with zero attached hydrogens (tertiary/aromatic N) is 2. The molecule has 0 fully saturated rings. The zero-order valence-corrected chi connectivity index (χ0v) is 16.2. The Kier molecular flexibility index (Phi) is 6.47. The Morgan fingerprint density at radius 3 is 1.94 bits per heavy atom. The van der Waals surface area contributed by atoms with Crippen molar-refractivity contribution in [1.82, 2.24) is 9.97 Å². The largest absolute Gasteiger partial charge is 0.485 e. The fourth-order valence-electron chi connectivity index (χ4n) is 2.81. The van der Waals surface area contributed by atoms with E-state index in [4.69, 9.17) is 4.74 Å². The first-order valence-electron chi connectivity index (χ1n) is 8.93. The molecule has 4 nitrogen and oxygen atoms in total. The van der Waals surface area contributed by atoms with Crippen molar-refractivity contribution < 1.29 is 40.3 Å². The highest BCUT2D eigenvalue weighted by atomic mass is 19.4. The monoisotopic (exact) mass is 458 g/mol. The maximum absolute atomic E-state index is 14.4. The third-order valence-corrected chi connectivity index (χ3v) is 4.25. The summed E-state index contributed by atoms with van der Waals surface area (Å²) in [4.78, 5) is 20.2. The molecule has 1 aromatic heterocycles. The van der Waals surface area contributed by atoms with Crippen LogP contribution in [0.4, 0.5) is 30.7 Å². The molecular weight excluding hydrogens is 445 g/mol. The fraction of sp³-hybridized carbons (Fsp3) is 0.190. The SMILES string of the molecule is Cc1cnc(Cc2cc(F)c(C(=O)COc3cc(F)c(C(F)(F)F)c(F)c3)c(F)c2)nc1. The quantitative estimate of drug-likeness (QED) is 0.376. The number of carbonyl (C=O) groups excluding carboxylic acids is 1. The molecule has 0 radical (unpaired) electrons. The van der Waals surface area contributed by atoms with Gasteiger partial charge in [0.15, 0.2) is 6.61 Å². The number of ketones is 1. The molecule has 0 amide bonds. The third-order valence-electron chi connectivity index (χ3n) is 4.25. The Labute approximate surface area is 176 Å². The molecule has 0 aliphatic heterocycles. The summed E-state index contributed by atoms with van der Waals surface area (Å²) in [6, 6.07) is 2.24. The van der Waals surface area contributed by atoms with Gasteiger partial charge in [-0.3, -0.25) is 4.79 Å². The Morgan fingerprint density at radius 1 is 0.906 bits per heavy atom. The molecule has 0 aliphatic rings. The van der Waals surface area contributed by atoms with E-state index < -0.39 is 58.7 Å². The van der Waals surface area contributed by atoms with Crippen LogP contribution in [0.25, 0.3) is 0 Å². The van der Waals surface area contributed by atoms with Crippen molar-refractivity contribution in [3.05, 3.63) is 88.0 Å². The summed E-state index contributed by atoms with van der Waals surface area (Å²) in [6.07, 6.45) is -2.24. The molecule has 0 atom stereocenters. The highest BCUT2D eigenvalue weighted by Crippen LogP contribution is 2.35. The lowest BCUT2D eigenvalue weighted by molar-refractivity contribution is -0.142. The first kappa shape index (κ1) is 23.2. The van der Waals surface area contributed by atoms with Gasteiger partial charge in [-0.25, -0.2) is 27.5 Å². The van der Waals surface area contributed by atoms with Gasteiger partial charge in [-0.15, -0.1) is 0 Å². The maximum atomic E-state index is 14.4. The highest BCUT2D eigenvalue weighted by Gasteiger charge is 2.38. The minimum atomic E-state index is -5.28. The average Bonchev–Trinajstić information content (AvgIpc) is 2.66. The molecular formula is C21H13F7N2O2. The van der Waals surface area contributed by atoms with Crippen molar-refractivity contribution in [2.45, 2.75) is 19.5 Å². The predicted molar refractivity (Wildman–Crippen MR) is 97.1 cm³/mol. The van der Waals surface area contributed by atoms with E-state index >= 15 is 0 Å². The van der Waals surface area contributed by atoms with Gasteiger partial charge in [0, 0.05) is 30.9 Å². The number of aromatic nitrogens is 2. The van der Waals surface area contributed by atoms with E-state index in [0.29, 0.717) is 5.82 Å². The van der Waals surface area contributed by atoms with Crippen LogP contribution < -0.4 is 4.74 Å². The van der Waals surface area contributed by atoms with Crippen molar-refractivity contribution in [3.8, 4) is 5.75 Å². The Balaban J connectivity index is 1.75. The zero-order chi connectivity index (χ0) is 23.6. The van der Waals surface area contributed by atoms with Gasteiger partial charge in [-0.05, 0) is 30.2 Å². The number of benzene rings is 2. The molecule has 0 unspecified atom stereocenters. The summed E-state index contributed by atoms with van der Waals surface area (Å²) in [7, 11) is 0. The van der Waals surface area contributed by atoms with Crippen LogP contribution in [0.1, 0.15) is 32.9 Å². The van der Waals surface area contributed by atoms with E-state index in [2.05, 4.69) is 9.97 Å². The van der Waals surface area contributed by atoms with E-state index in [-0.39, 0.29) is 24.1 Å². The van der Waals surface area contributed by atoms with Crippen LogP contribution in [0.3, 0.4) is 0 Å². The fourth-order valence-corrected chi connectivity index (χ4v) is 2.81. The van der Waals surface area contributed by atoms with Gasteiger partial charge in [0.05, 0.1) is 5.56 Å². The van der Waals surface area contributed by atoms with Gasteiger partial charge >= 0.3 is 6.18 Å². The van der Waals surface area contributed by atoms with Crippen LogP contribution >= 0.6 is 0 Å². The average molecular weight is 458 g/mol. The number of hydrogen-bond donors (Lipinski definition) is 0. The summed E-state index contributed by atoms with van der Waals surface area (Å²) in [5.41, 5.74) is -2.15. The summed E-state index contributed by atoms with van der Waals surface area (Å²) in [5.74, 6) is -8.03. The van der Waals surface area contributed by atoms with Crippen LogP contribution in [-0.2, 0) is 12.6 Å². The van der Waals surface area contributed by atoms with E-state index in [0.717, 1.165) is 17.7 Å². The second-order valence-electron chi connectivity index (χ2n) is 6.76. The molecule has 11 heteroatoms. The first-order chi connectivity index (χ1) is 15.0. The maximum Gasteiger partial charge on any atom is 0.422 e. The minimum Gasteiger partial charge on any atom is -0.485 e. The predicted octanol–water partition coefficient (Wildman–Crippen LogP) is 5.21. The summed E-state index contributed by atoms with van der Waals surface area (Å²) >= 11 is 0.